The Balaban J connectivity index is 1.48. The SMILES string of the molecule is C[C@H]1CCc2c(N3CCC(OC(=O)[C@@H](N)CCCN=C(N)N)CC3)ccc3c(=O)c(C(=O)O)c(F)n1c23. The first-order valence-corrected chi connectivity index (χ1v) is 12.5. The first-order chi connectivity index (χ1) is 17.6. The number of halogens is 1. The zero-order chi connectivity index (χ0) is 26.9. The van der Waals surface area contributed by atoms with Gasteiger partial charge in [0, 0.05) is 55.2 Å². The molecule has 2 aromatic rings. The number of nitrogens with two attached hydrogens (primary N) is 3. The van der Waals surface area contributed by atoms with Crippen molar-refractivity contribution in [2.45, 2.75) is 63.6 Å². The zero-order valence-corrected chi connectivity index (χ0v) is 20.8. The van der Waals surface area contributed by atoms with Crippen LogP contribution in [-0.4, -0.2) is 59.4 Å². The van der Waals surface area contributed by atoms with Gasteiger partial charge in [-0.05, 0) is 44.7 Å². The average Bonchev–Trinajstić information content (AvgIpc) is 2.85. The number of hydrogen-bond donors (Lipinski definition) is 4. The Kier molecular flexibility index (Phi) is 7.67. The van der Waals surface area contributed by atoms with Crippen molar-refractivity contribution in [2.75, 3.05) is 24.5 Å². The van der Waals surface area contributed by atoms with E-state index in [0.29, 0.717) is 63.7 Å². The van der Waals surface area contributed by atoms with E-state index < -0.39 is 34.9 Å². The van der Waals surface area contributed by atoms with E-state index in [1.807, 2.05) is 13.0 Å². The molecule has 37 heavy (non-hydrogen) atoms. The van der Waals surface area contributed by atoms with Gasteiger partial charge in [0.1, 0.15) is 12.1 Å². The highest BCUT2D eigenvalue weighted by molar-refractivity contribution is 5.95. The first kappa shape index (κ1) is 26.4. The number of carbonyl (C=O) groups is 2. The number of carbonyl (C=O) groups excluding carboxylic acids is 1. The van der Waals surface area contributed by atoms with Crippen LogP contribution in [0.1, 0.15) is 61.0 Å². The summed E-state index contributed by atoms with van der Waals surface area (Å²) in [6, 6.07) is 2.37. The monoisotopic (exact) mass is 516 g/mol. The summed E-state index contributed by atoms with van der Waals surface area (Å²) in [5, 5.41) is 9.64. The number of guanidine groups is 1. The normalized spacial score (nSPS) is 18.5. The van der Waals surface area contributed by atoms with Gasteiger partial charge in [0.15, 0.2) is 11.5 Å². The Morgan fingerprint density at radius 2 is 1.95 bits per heavy atom. The summed E-state index contributed by atoms with van der Waals surface area (Å²) in [6.07, 6.45) is 3.16. The Morgan fingerprint density at radius 1 is 1.24 bits per heavy atom. The molecule has 7 N–H and O–H groups in total. The van der Waals surface area contributed by atoms with Gasteiger partial charge in [0.05, 0.1) is 5.52 Å². The third-order valence-corrected chi connectivity index (χ3v) is 7.19. The fourth-order valence-corrected chi connectivity index (χ4v) is 5.26. The third kappa shape index (κ3) is 5.24. The molecule has 11 nitrogen and oxygen atoms in total. The van der Waals surface area contributed by atoms with Gasteiger partial charge in [-0.25, -0.2) is 4.79 Å². The topological polar surface area (TPSA) is 179 Å². The second-order valence-electron chi connectivity index (χ2n) is 9.70. The molecule has 4 rings (SSSR count). The molecule has 12 heteroatoms. The van der Waals surface area contributed by atoms with Crippen molar-refractivity contribution >= 4 is 34.5 Å². The number of carboxylic acids is 1. The summed E-state index contributed by atoms with van der Waals surface area (Å²) in [4.78, 5) is 42.8. The smallest absolute Gasteiger partial charge is 0.344 e. The molecule has 3 heterocycles. The number of esters is 1. The standard InChI is InChI=1S/C25H33FN6O5/c1-13-4-5-15-18(7-6-16-20(15)32(13)22(26)19(21(16)33)23(34)35)31-11-8-14(9-12-31)37-24(36)17(27)3-2-10-30-25(28)29/h6-7,13-14,17H,2-5,8-12,27H2,1H3,(H,34,35)(H4,28,29,30)/t13-,17-/m0/s1. The number of benzene rings is 1. The summed E-state index contributed by atoms with van der Waals surface area (Å²) in [7, 11) is 0. The predicted octanol–water partition coefficient (Wildman–Crippen LogP) is 1.24. The molecule has 2 atom stereocenters. The van der Waals surface area contributed by atoms with Crippen LogP contribution in [0, 0.1) is 5.95 Å². The average molecular weight is 517 g/mol. The van der Waals surface area contributed by atoms with Gasteiger partial charge in [-0.3, -0.25) is 14.6 Å². The summed E-state index contributed by atoms with van der Waals surface area (Å²) in [5.41, 5.74) is 17.1. The van der Waals surface area contributed by atoms with Gasteiger partial charge in [0.2, 0.25) is 11.4 Å². The minimum atomic E-state index is -1.57. The second kappa shape index (κ2) is 10.8. The largest absolute Gasteiger partial charge is 0.477 e. The Morgan fingerprint density at radius 3 is 2.59 bits per heavy atom. The molecular weight excluding hydrogens is 483 g/mol. The Hall–Kier alpha value is -3.67. The number of aromatic carboxylic acids is 1. The fourth-order valence-electron chi connectivity index (χ4n) is 5.26. The highest BCUT2D eigenvalue weighted by Gasteiger charge is 2.32. The van der Waals surface area contributed by atoms with Crippen LogP contribution < -0.4 is 27.5 Å². The lowest BCUT2D eigenvalue weighted by Crippen LogP contribution is -2.41. The van der Waals surface area contributed by atoms with Crippen LogP contribution in [0.2, 0.25) is 0 Å². The molecule has 1 aromatic carbocycles. The third-order valence-electron chi connectivity index (χ3n) is 7.19. The van der Waals surface area contributed by atoms with Crippen molar-refractivity contribution in [3.8, 4) is 0 Å². The van der Waals surface area contributed by atoms with E-state index in [9.17, 15) is 19.5 Å². The lowest BCUT2D eigenvalue weighted by Gasteiger charge is -2.37. The lowest BCUT2D eigenvalue weighted by molar-refractivity contribution is -0.151. The molecule has 0 unspecified atom stereocenters. The summed E-state index contributed by atoms with van der Waals surface area (Å²) in [6.45, 7) is 3.42. The van der Waals surface area contributed by atoms with Crippen LogP contribution in [0.3, 0.4) is 0 Å². The van der Waals surface area contributed by atoms with Crippen molar-refractivity contribution in [1.29, 1.82) is 0 Å². The molecule has 2 aliphatic rings. The van der Waals surface area contributed by atoms with Crippen LogP contribution in [0.15, 0.2) is 21.9 Å². The summed E-state index contributed by atoms with van der Waals surface area (Å²) < 4.78 is 22.2. The van der Waals surface area contributed by atoms with Gasteiger partial charge >= 0.3 is 11.9 Å². The van der Waals surface area contributed by atoms with Crippen molar-refractivity contribution in [2.24, 2.45) is 22.2 Å². The number of aryl methyl sites for hydroxylation is 1. The minimum absolute atomic E-state index is 0.00332. The summed E-state index contributed by atoms with van der Waals surface area (Å²) >= 11 is 0. The molecule has 0 radical (unpaired) electrons. The Labute approximate surface area is 213 Å². The highest BCUT2D eigenvalue weighted by Crippen LogP contribution is 2.38. The number of ether oxygens (including phenoxy) is 1. The van der Waals surface area contributed by atoms with Gasteiger partial charge in [-0.1, -0.05) is 0 Å². The zero-order valence-electron chi connectivity index (χ0n) is 20.8. The van der Waals surface area contributed by atoms with E-state index in [1.165, 1.54) is 4.57 Å². The van der Waals surface area contributed by atoms with E-state index in [1.54, 1.807) is 6.07 Å². The molecule has 1 saturated heterocycles. The maximum atomic E-state index is 15.2. The van der Waals surface area contributed by atoms with Crippen molar-refractivity contribution in [3.63, 3.8) is 0 Å². The quantitative estimate of drug-likeness (QED) is 0.132. The van der Waals surface area contributed by atoms with Crippen LogP contribution in [0.5, 0.6) is 0 Å². The van der Waals surface area contributed by atoms with E-state index in [4.69, 9.17) is 21.9 Å². The number of hydrogen-bond acceptors (Lipinski definition) is 7. The van der Waals surface area contributed by atoms with Crippen molar-refractivity contribution in [1.82, 2.24) is 4.57 Å². The maximum Gasteiger partial charge on any atom is 0.344 e. The number of piperidine rings is 1. The Bertz CT molecular complexity index is 1300. The molecule has 0 spiro atoms. The van der Waals surface area contributed by atoms with Crippen molar-refractivity contribution < 1.29 is 23.8 Å². The molecule has 0 saturated carbocycles. The highest BCUT2D eigenvalue weighted by atomic mass is 19.1. The number of carboxylic acid groups (broad SMARTS) is 1. The summed E-state index contributed by atoms with van der Waals surface area (Å²) in [5.74, 6) is -3.03. The van der Waals surface area contributed by atoms with E-state index in [0.717, 1.165) is 11.3 Å². The molecule has 1 aromatic heterocycles. The molecule has 1 fully saturated rings. The van der Waals surface area contributed by atoms with Crippen molar-refractivity contribution in [3.05, 3.63) is 39.4 Å². The van der Waals surface area contributed by atoms with Crippen LogP contribution in [0.4, 0.5) is 10.1 Å². The van der Waals surface area contributed by atoms with Crippen LogP contribution in [0.25, 0.3) is 10.9 Å². The number of rotatable bonds is 8. The number of nitrogens with zero attached hydrogens (tertiary/aromatic N) is 3. The second-order valence-corrected chi connectivity index (χ2v) is 9.70. The number of pyridine rings is 1. The predicted molar refractivity (Wildman–Crippen MR) is 137 cm³/mol. The first-order valence-electron chi connectivity index (χ1n) is 12.5. The van der Waals surface area contributed by atoms with Gasteiger partial charge in [-0.2, -0.15) is 4.39 Å². The van der Waals surface area contributed by atoms with Crippen LogP contribution in [-0.2, 0) is 16.0 Å². The fraction of sp³-hybridized carbons (Fsp3) is 0.520. The van der Waals surface area contributed by atoms with E-state index >= 15 is 4.39 Å². The maximum absolute atomic E-state index is 15.2. The van der Waals surface area contributed by atoms with Gasteiger partial charge in [-0.15, -0.1) is 0 Å². The lowest BCUT2D eigenvalue weighted by atomic mass is 9.93. The van der Waals surface area contributed by atoms with E-state index in [2.05, 4.69) is 9.89 Å². The molecule has 2 aliphatic heterocycles. The van der Waals surface area contributed by atoms with Crippen LogP contribution >= 0.6 is 0 Å². The number of aromatic nitrogens is 1. The molecule has 200 valence electrons. The molecule has 0 bridgehead atoms. The van der Waals surface area contributed by atoms with Gasteiger partial charge < -0.3 is 36.5 Å². The van der Waals surface area contributed by atoms with Gasteiger partial charge in [0.25, 0.3) is 0 Å². The number of aliphatic imine (C=N–C) groups is 1. The van der Waals surface area contributed by atoms with E-state index in [-0.39, 0.29) is 23.5 Å². The minimum Gasteiger partial charge on any atom is -0.477 e. The molecule has 0 amide bonds. The number of anilines is 1. The molecule has 0 aliphatic carbocycles. The molecular formula is C25H33FN6O5.